The minimum absolute atomic E-state index is 0.0329. The van der Waals surface area contributed by atoms with Gasteiger partial charge in [-0.1, -0.05) is 0 Å². The van der Waals surface area contributed by atoms with Crippen LogP contribution < -0.4 is 0 Å². The Hall–Kier alpha value is -0.740. The number of Topliss-reactive ketones (excluding diaryl/α,β-unsaturated/α-hetero) is 1. The quantitative estimate of drug-likeness (QED) is 0.844. The molecule has 0 bridgehead atoms. The summed E-state index contributed by atoms with van der Waals surface area (Å²) in [6.07, 6.45) is 1.22. The van der Waals surface area contributed by atoms with Crippen molar-refractivity contribution in [1.29, 1.82) is 0 Å². The molecule has 1 saturated heterocycles. The number of nitrogens with zero attached hydrogens (tertiary/aromatic N) is 1. The van der Waals surface area contributed by atoms with E-state index in [0.717, 1.165) is 17.1 Å². The Morgan fingerprint density at radius 3 is 2.61 bits per heavy atom. The number of carbonyl (C=O) groups excluding carboxylic acids is 1. The number of ketones is 1. The molecule has 2 rings (SSSR count). The molecule has 1 unspecified atom stereocenters. The number of aryl methyl sites for hydroxylation is 1. The Labute approximate surface area is 113 Å². The van der Waals surface area contributed by atoms with Crippen molar-refractivity contribution in [3.8, 4) is 0 Å². The van der Waals surface area contributed by atoms with Crippen molar-refractivity contribution >= 4 is 17.1 Å². The van der Waals surface area contributed by atoms with Gasteiger partial charge >= 0.3 is 0 Å². The molecule has 1 aliphatic heterocycles. The van der Waals surface area contributed by atoms with Crippen molar-refractivity contribution in [2.24, 2.45) is 5.92 Å². The molecule has 1 atom stereocenters. The summed E-state index contributed by atoms with van der Waals surface area (Å²) in [6.45, 7) is 10.1. The monoisotopic (exact) mass is 267 g/mol. The lowest BCUT2D eigenvalue weighted by molar-refractivity contribution is -0.128. The molecule has 1 aliphatic rings. The summed E-state index contributed by atoms with van der Waals surface area (Å²) in [7, 11) is 0. The standard InChI is InChI=1S/C14H21NO2S/c1-9-15-10(8-18-9)6-12(16)11-7-13(2,3)17-14(11,4)5/h8,11H,6-7H2,1-5H3. The maximum atomic E-state index is 12.4. The Morgan fingerprint density at radius 2 is 2.17 bits per heavy atom. The van der Waals surface area contributed by atoms with Crippen molar-refractivity contribution in [1.82, 2.24) is 4.98 Å². The van der Waals surface area contributed by atoms with Gasteiger partial charge in [0.2, 0.25) is 0 Å². The molecule has 1 aromatic rings. The van der Waals surface area contributed by atoms with Crippen LogP contribution in [-0.4, -0.2) is 22.0 Å². The highest BCUT2D eigenvalue weighted by Crippen LogP contribution is 2.42. The van der Waals surface area contributed by atoms with Gasteiger partial charge in [0.1, 0.15) is 5.78 Å². The molecule has 18 heavy (non-hydrogen) atoms. The van der Waals surface area contributed by atoms with Gasteiger partial charge in [-0.2, -0.15) is 0 Å². The fourth-order valence-corrected chi connectivity index (χ4v) is 3.47. The molecule has 3 nitrogen and oxygen atoms in total. The average molecular weight is 267 g/mol. The smallest absolute Gasteiger partial charge is 0.144 e. The molecule has 0 radical (unpaired) electrons. The first kappa shape index (κ1) is 13.7. The largest absolute Gasteiger partial charge is 0.369 e. The molecule has 0 saturated carbocycles. The van der Waals surface area contributed by atoms with E-state index in [2.05, 4.69) is 18.8 Å². The molecular weight excluding hydrogens is 246 g/mol. The van der Waals surface area contributed by atoms with Gasteiger partial charge in [-0.05, 0) is 41.0 Å². The van der Waals surface area contributed by atoms with E-state index < -0.39 is 0 Å². The summed E-state index contributed by atoms with van der Waals surface area (Å²) in [5.74, 6) is 0.213. The van der Waals surface area contributed by atoms with Crippen molar-refractivity contribution in [3.63, 3.8) is 0 Å². The molecule has 4 heteroatoms. The SMILES string of the molecule is Cc1nc(CC(=O)C2CC(C)(C)OC2(C)C)cs1. The Bertz CT molecular complexity index is 462. The highest BCUT2D eigenvalue weighted by Gasteiger charge is 2.48. The fraction of sp³-hybridized carbons (Fsp3) is 0.714. The Balaban J connectivity index is 2.10. The van der Waals surface area contributed by atoms with E-state index in [1.165, 1.54) is 0 Å². The summed E-state index contributed by atoms with van der Waals surface area (Å²) in [5, 5.41) is 2.99. The van der Waals surface area contributed by atoms with Gasteiger partial charge in [-0.3, -0.25) is 4.79 Å². The van der Waals surface area contributed by atoms with Crippen molar-refractivity contribution in [3.05, 3.63) is 16.1 Å². The second-order valence-electron chi connectivity index (χ2n) is 6.22. The zero-order valence-electron chi connectivity index (χ0n) is 11.7. The number of thiazole rings is 1. The number of rotatable bonds is 3. The minimum atomic E-state index is -0.369. The second-order valence-corrected chi connectivity index (χ2v) is 7.29. The summed E-state index contributed by atoms with van der Waals surface area (Å²) >= 11 is 1.59. The normalized spacial score (nSPS) is 25.3. The summed E-state index contributed by atoms with van der Waals surface area (Å²) in [6, 6.07) is 0. The van der Waals surface area contributed by atoms with Crippen LogP contribution in [0.25, 0.3) is 0 Å². The molecular formula is C14H21NO2S. The highest BCUT2D eigenvalue weighted by molar-refractivity contribution is 7.09. The minimum Gasteiger partial charge on any atom is -0.369 e. The number of hydrogen-bond donors (Lipinski definition) is 0. The van der Waals surface area contributed by atoms with Crippen LogP contribution in [0.5, 0.6) is 0 Å². The third kappa shape index (κ3) is 2.81. The van der Waals surface area contributed by atoms with Crippen LogP contribution in [0.1, 0.15) is 44.8 Å². The van der Waals surface area contributed by atoms with Gasteiger partial charge in [0.25, 0.3) is 0 Å². The second kappa shape index (κ2) is 4.42. The maximum absolute atomic E-state index is 12.4. The molecule has 0 aromatic carbocycles. The van der Waals surface area contributed by atoms with Crippen LogP contribution in [0.2, 0.25) is 0 Å². The first-order chi connectivity index (χ1) is 8.20. The van der Waals surface area contributed by atoms with Crippen molar-refractivity contribution in [2.45, 2.75) is 58.7 Å². The maximum Gasteiger partial charge on any atom is 0.144 e. The van der Waals surface area contributed by atoms with Crippen LogP contribution in [0, 0.1) is 12.8 Å². The zero-order valence-corrected chi connectivity index (χ0v) is 12.6. The molecule has 100 valence electrons. The molecule has 2 heterocycles. The van der Waals surface area contributed by atoms with E-state index >= 15 is 0 Å². The van der Waals surface area contributed by atoms with Crippen LogP contribution in [0.15, 0.2) is 5.38 Å². The van der Waals surface area contributed by atoms with Gasteiger partial charge in [0.15, 0.2) is 0 Å². The lowest BCUT2D eigenvalue weighted by Gasteiger charge is -2.26. The number of ether oxygens (including phenoxy) is 1. The third-order valence-corrected chi connectivity index (χ3v) is 4.31. The van der Waals surface area contributed by atoms with Gasteiger partial charge in [-0.25, -0.2) is 4.98 Å². The first-order valence-electron chi connectivity index (χ1n) is 6.33. The zero-order chi connectivity index (χ0) is 13.6. The first-order valence-corrected chi connectivity index (χ1v) is 7.21. The van der Waals surface area contributed by atoms with Crippen LogP contribution in [-0.2, 0) is 16.0 Å². The summed E-state index contributed by atoms with van der Waals surface area (Å²) in [5.41, 5.74) is 0.316. The third-order valence-electron chi connectivity index (χ3n) is 3.48. The molecule has 1 aromatic heterocycles. The van der Waals surface area contributed by atoms with Crippen LogP contribution in [0.4, 0.5) is 0 Å². The fourth-order valence-electron chi connectivity index (χ4n) is 2.85. The van der Waals surface area contributed by atoms with Crippen LogP contribution >= 0.6 is 11.3 Å². The van der Waals surface area contributed by atoms with Crippen molar-refractivity contribution < 1.29 is 9.53 Å². The van der Waals surface area contributed by atoms with E-state index in [9.17, 15) is 4.79 Å². The van der Waals surface area contributed by atoms with E-state index in [-0.39, 0.29) is 22.9 Å². The summed E-state index contributed by atoms with van der Waals surface area (Å²) in [4.78, 5) is 16.8. The van der Waals surface area contributed by atoms with Crippen molar-refractivity contribution in [2.75, 3.05) is 0 Å². The molecule has 0 spiro atoms. The average Bonchev–Trinajstić information content (AvgIpc) is 2.67. The Kier molecular flexibility index (Phi) is 3.36. The number of hydrogen-bond acceptors (Lipinski definition) is 4. The molecule has 0 aliphatic carbocycles. The van der Waals surface area contributed by atoms with Gasteiger partial charge in [-0.15, -0.1) is 11.3 Å². The topological polar surface area (TPSA) is 39.2 Å². The lowest BCUT2D eigenvalue weighted by atomic mass is 9.83. The predicted octanol–water partition coefficient (Wildman–Crippen LogP) is 3.16. The Morgan fingerprint density at radius 1 is 1.50 bits per heavy atom. The van der Waals surface area contributed by atoms with Gasteiger partial charge in [0.05, 0.1) is 21.9 Å². The molecule has 0 amide bonds. The van der Waals surface area contributed by atoms with E-state index in [1.54, 1.807) is 11.3 Å². The lowest BCUT2D eigenvalue weighted by Crippen LogP contribution is -2.34. The predicted molar refractivity (Wildman–Crippen MR) is 72.9 cm³/mol. The van der Waals surface area contributed by atoms with E-state index in [0.29, 0.717) is 6.42 Å². The van der Waals surface area contributed by atoms with E-state index in [1.807, 2.05) is 26.2 Å². The van der Waals surface area contributed by atoms with Gasteiger partial charge in [0, 0.05) is 17.7 Å². The molecule has 0 N–H and O–H groups in total. The van der Waals surface area contributed by atoms with E-state index in [4.69, 9.17) is 4.74 Å². The molecule has 1 fully saturated rings. The van der Waals surface area contributed by atoms with Gasteiger partial charge < -0.3 is 4.74 Å². The summed E-state index contributed by atoms with van der Waals surface area (Å²) < 4.78 is 5.97. The number of aromatic nitrogens is 1. The van der Waals surface area contributed by atoms with Crippen LogP contribution in [0.3, 0.4) is 0 Å². The number of carbonyl (C=O) groups is 1. The highest BCUT2D eigenvalue weighted by atomic mass is 32.1.